The highest BCUT2D eigenvalue weighted by Gasteiger charge is 2.16. The number of halogens is 1. The molecule has 174 valence electrons. The van der Waals surface area contributed by atoms with Crippen molar-refractivity contribution in [1.29, 1.82) is 0 Å². The van der Waals surface area contributed by atoms with Gasteiger partial charge in [0.25, 0.3) is 0 Å². The van der Waals surface area contributed by atoms with Crippen LogP contribution in [0.15, 0.2) is 48.5 Å². The molecule has 0 atom stereocenters. The molecule has 3 aromatic rings. The van der Waals surface area contributed by atoms with E-state index in [0.29, 0.717) is 28.7 Å². The Morgan fingerprint density at radius 1 is 1.09 bits per heavy atom. The van der Waals surface area contributed by atoms with Crippen molar-refractivity contribution in [3.8, 4) is 11.4 Å². The Kier molecular flexibility index (Phi) is 8.08. The zero-order valence-corrected chi connectivity index (χ0v) is 19.9. The molecule has 0 saturated heterocycles. The summed E-state index contributed by atoms with van der Waals surface area (Å²) in [4.78, 5) is 26.7. The molecular weight excluding hydrogens is 442 g/mol. The molecule has 0 bridgehead atoms. The molecule has 2 amide bonds. The normalized spacial score (nSPS) is 10.8. The van der Waals surface area contributed by atoms with Gasteiger partial charge in [0.2, 0.25) is 11.8 Å². The molecule has 0 fully saturated rings. The van der Waals surface area contributed by atoms with E-state index in [0.717, 1.165) is 17.1 Å². The summed E-state index contributed by atoms with van der Waals surface area (Å²) in [5.74, 6) is 0.156. The number of aromatic nitrogens is 2. The van der Waals surface area contributed by atoms with Gasteiger partial charge in [-0.25, -0.2) is 4.68 Å². The number of aryl methyl sites for hydroxylation is 1. The average molecular weight is 470 g/mol. The van der Waals surface area contributed by atoms with Crippen LogP contribution in [0.2, 0.25) is 5.02 Å². The van der Waals surface area contributed by atoms with Gasteiger partial charge in [-0.1, -0.05) is 29.8 Å². The number of methoxy groups -OCH3 is 1. The van der Waals surface area contributed by atoms with Crippen molar-refractivity contribution in [3.05, 3.63) is 64.9 Å². The smallest absolute Gasteiger partial charge is 0.238 e. The van der Waals surface area contributed by atoms with Crippen LogP contribution < -0.4 is 15.4 Å². The number of carbonyl (C=O) groups is 2. The predicted molar refractivity (Wildman–Crippen MR) is 130 cm³/mol. The second-order valence-corrected chi connectivity index (χ2v) is 8.16. The number of carbonyl (C=O) groups excluding carboxylic acids is 2. The summed E-state index contributed by atoms with van der Waals surface area (Å²) < 4.78 is 7.06. The number of hydrogen-bond donors (Lipinski definition) is 2. The minimum Gasteiger partial charge on any atom is -0.495 e. The van der Waals surface area contributed by atoms with E-state index in [1.165, 1.54) is 7.11 Å². The van der Waals surface area contributed by atoms with Gasteiger partial charge in [-0.15, -0.1) is 0 Å². The third-order valence-electron chi connectivity index (χ3n) is 5.13. The number of anilines is 2. The van der Waals surface area contributed by atoms with Crippen molar-refractivity contribution < 1.29 is 14.3 Å². The first kappa shape index (κ1) is 24.3. The van der Waals surface area contributed by atoms with Crippen molar-refractivity contribution in [3.63, 3.8) is 0 Å². The number of rotatable bonds is 9. The van der Waals surface area contributed by atoms with Crippen LogP contribution in [0.1, 0.15) is 17.8 Å². The Balaban J connectivity index is 1.52. The summed E-state index contributed by atoms with van der Waals surface area (Å²) in [6.07, 6.45) is 0.236. The Bertz CT molecular complexity index is 1130. The number of amides is 2. The first-order valence-corrected chi connectivity index (χ1v) is 10.9. The van der Waals surface area contributed by atoms with Gasteiger partial charge >= 0.3 is 0 Å². The molecule has 3 rings (SSSR count). The number of hydrogen-bond acceptors (Lipinski definition) is 5. The molecule has 1 aromatic heterocycles. The van der Waals surface area contributed by atoms with E-state index in [9.17, 15) is 9.59 Å². The predicted octanol–water partition coefficient (Wildman–Crippen LogP) is 4.05. The number of likely N-dealkylation sites (N-methyl/N-ethyl adjacent to an activating group) is 1. The molecule has 0 aliphatic carbocycles. The third kappa shape index (κ3) is 6.34. The van der Waals surface area contributed by atoms with Crippen LogP contribution in [0.25, 0.3) is 5.69 Å². The van der Waals surface area contributed by atoms with Gasteiger partial charge < -0.3 is 15.4 Å². The Morgan fingerprint density at radius 3 is 2.52 bits per heavy atom. The highest BCUT2D eigenvalue weighted by atomic mass is 35.5. The van der Waals surface area contributed by atoms with Crippen LogP contribution >= 0.6 is 11.6 Å². The van der Waals surface area contributed by atoms with E-state index in [4.69, 9.17) is 16.3 Å². The number of ether oxygens (including phenoxy) is 1. The zero-order chi connectivity index (χ0) is 24.0. The number of benzene rings is 2. The second kappa shape index (κ2) is 11.0. The molecule has 9 heteroatoms. The van der Waals surface area contributed by atoms with Crippen molar-refractivity contribution >= 4 is 34.8 Å². The summed E-state index contributed by atoms with van der Waals surface area (Å²) >= 11 is 6.00. The molecule has 0 aliphatic rings. The standard InChI is InChI=1S/C24H28ClN5O3/c1-16-24(17(2)30(28-16)19-8-6-5-7-9-19)27-22(31)12-13-29(3)15-23(32)26-20-14-18(25)10-11-21(20)33-4/h5-11,14H,12-13,15H2,1-4H3,(H,26,32)(H,27,31). The van der Waals surface area contributed by atoms with Crippen molar-refractivity contribution in [2.75, 3.05) is 37.9 Å². The van der Waals surface area contributed by atoms with Crippen LogP contribution in [0.4, 0.5) is 11.4 Å². The minimum atomic E-state index is -0.227. The molecule has 8 nitrogen and oxygen atoms in total. The molecular formula is C24H28ClN5O3. The monoisotopic (exact) mass is 469 g/mol. The largest absolute Gasteiger partial charge is 0.495 e. The second-order valence-electron chi connectivity index (χ2n) is 7.72. The fourth-order valence-corrected chi connectivity index (χ4v) is 3.60. The quantitative estimate of drug-likeness (QED) is 0.493. The lowest BCUT2D eigenvalue weighted by molar-refractivity contribution is -0.119. The first-order valence-electron chi connectivity index (χ1n) is 10.5. The summed E-state index contributed by atoms with van der Waals surface area (Å²) in [6.45, 7) is 4.32. The summed E-state index contributed by atoms with van der Waals surface area (Å²) in [6, 6.07) is 14.8. The maximum absolute atomic E-state index is 12.6. The van der Waals surface area contributed by atoms with Crippen molar-refractivity contribution in [2.24, 2.45) is 0 Å². The molecule has 1 heterocycles. The van der Waals surface area contributed by atoms with E-state index < -0.39 is 0 Å². The topological polar surface area (TPSA) is 88.5 Å². The Morgan fingerprint density at radius 2 is 1.82 bits per heavy atom. The molecule has 0 radical (unpaired) electrons. The minimum absolute atomic E-state index is 0.118. The lowest BCUT2D eigenvalue weighted by atomic mass is 10.2. The summed E-state index contributed by atoms with van der Waals surface area (Å²) in [7, 11) is 3.31. The number of nitrogens with one attached hydrogen (secondary N) is 2. The summed E-state index contributed by atoms with van der Waals surface area (Å²) in [5.41, 5.74) is 3.74. The Labute approximate surface area is 198 Å². The van der Waals surface area contributed by atoms with Gasteiger partial charge in [-0.2, -0.15) is 5.10 Å². The number of para-hydroxylation sites is 1. The van der Waals surface area contributed by atoms with Crippen LogP contribution in [0.5, 0.6) is 5.75 Å². The molecule has 2 N–H and O–H groups in total. The van der Waals surface area contributed by atoms with Crippen LogP contribution in [0, 0.1) is 13.8 Å². The van der Waals surface area contributed by atoms with Crippen LogP contribution in [-0.2, 0) is 9.59 Å². The van der Waals surface area contributed by atoms with Gasteiger partial charge in [-0.05, 0) is 51.2 Å². The van der Waals surface area contributed by atoms with Gasteiger partial charge in [0.1, 0.15) is 5.75 Å². The van der Waals surface area contributed by atoms with E-state index >= 15 is 0 Å². The fraction of sp³-hybridized carbons (Fsp3) is 0.292. The lowest BCUT2D eigenvalue weighted by Gasteiger charge is -2.17. The average Bonchev–Trinajstić information content (AvgIpc) is 3.06. The first-order chi connectivity index (χ1) is 15.8. The van der Waals surface area contributed by atoms with E-state index in [2.05, 4.69) is 15.7 Å². The molecule has 0 aliphatic heterocycles. The summed E-state index contributed by atoms with van der Waals surface area (Å²) in [5, 5.41) is 10.8. The van der Waals surface area contributed by atoms with Crippen molar-refractivity contribution in [1.82, 2.24) is 14.7 Å². The molecule has 0 saturated carbocycles. The maximum atomic E-state index is 12.6. The molecule has 0 spiro atoms. The SMILES string of the molecule is COc1ccc(Cl)cc1NC(=O)CN(C)CCC(=O)Nc1c(C)nn(-c2ccccc2)c1C. The number of nitrogens with zero attached hydrogens (tertiary/aromatic N) is 3. The van der Waals surface area contributed by atoms with Gasteiger partial charge in [0.15, 0.2) is 0 Å². The Hall–Kier alpha value is -3.36. The third-order valence-corrected chi connectivity index (χ3v) is 5.36. The lowest BCUT2D eigenvalue weighted by Crippen LogP contribution is -2.32. The van der Waals surface area contributed by atoms with E-state index in [-0.39, 0.29) is 24.8 Å². The van der Waals surface area contributed by atoms with Gasteiger partial charge in [0.05, 0.1) is 42.1 Å². The fourth-order valence-electron chi connectivity index (χ4n) is 3.43. The van der Waals surface area contributed by atoms with Gasteiger partial charge in [-0.3, -0.25) is 14.5 Å². The van der Waals surface area contributed by atoms with Crippen molar-refractivity contribution in [2.45, 2.75) is 20.3 Å². The van der Waals surface area contributed by atoms with Crippen LogP contribution in [0.3, 0.4) is 0 Å². The molecule has 2 aromatic carbocycles. The van der Waals surface area contributed by atoms with Gasteiger partial charge in [0, 0.05) is 18.0 Å². The zero-order valence-electron chi connectivity index (χ0n) is 19.2. The van der Waals surface area contributed by atoms with Crippen LogP contribution in [-0.4, -0.2) is 53.7 Å². The van der Waals surface area contributed by atoms with E-state index in [1.54, 1.807) is 30.1 Å². The molecule has 0 unspecified atom stereocenters. The molecule has 33 heavy (non-hydrogen) atoms. The maximum Gasteiger partial charge on any atom is 0.238 e. The highest BCUT2D eigenvalue weighted by molar-refractivity contribution is 6.31. The van der Waals surface area contributed by atoms with E-state index in [1.807, 2.05) is 48.9 Å². The highest BCUT2D eigenvalue weighted by Crippen LogP contribution is 2.27.